The summed E-state index contributed by atoms with van der Waals surface area (Å²) in [6.07, 6.45) is 13.8. The maximum atomic E-state index is 11.8. The molecule has 2 atom stereocenters. The molecule has 0 bridgehead atoms. The van der Waals surface area contributed by atoms with Gasteiger partial charge in [0, 0.05) is 6.42 Å². The maximum Gasteiger partial charge on any atom is 0.305 e. The Balaban J connectivity index is 3.66. The van der Waals surface area contributed by atoms with Gasteiger partial charge in [0.15, 0.2) is 6.29 Å². The van der Waals surface area contributed by atoms with E-state index in [1.807, 2.05) is 21.1 Å². The number of likely N-dealkylation sites (N-methyl/N-ethyl adjacent to an activating group) is 1. The minimum Gasteiger partial charge on any atom is -0.545 e. The predicted octanol–water partition coefficient (Wildman–Crippen LogP) is 3.19. The van der Waals surface area contributed by atoms with Gasteiger partial charge in [-0.15, -0.1) is 0 Å². The molecule has 1 N–H and O–H groups in total. The topological polar surface area (TPSA) is 105 Å². The van der Waals surface area contributed by atoms with Gasteiger partial charge in [-0.05, 0) is 6.42 Å². The SMILES string of the molecule is CCCCCCCCCCCCCCCC(=O)OCC(O)COC(OCC[N+](C)(C)C)C(=O)[O-]. The molecule has 8 heteroatoms. The summed E-state index contributed by atoms with van der Waals surface area (Å²) in [5, 5.41) is 21.0. The van der Waals surface area contributed by atoms with Crippen LogP contribution in [0.3, 0.4) is 0 Å². The third-order valence-electron chi connectivity index (χ3n) is 5.58. The Morgan fingerprint density at radius 2 is 1.29 bits per heavy atom. The van der Waals surface area contributed by atoms with E-state index in [0.29, 0.717) is 17.4 Å². The number of rotatable bonds is 24. The molecule has 0 aliphatic rings. The summed E-state index contributed by atoms with van der Waals surface area (Å²) in [6, 6.07) is 0. The van der Waals surface area contributed by atoms with Gasteiger partial charge in [0.1, 0.15) is 19.3 Å². The van der Waals surface area contributed by atoms with Crippen molar-refractivity contribution in [1.82, 2.24) is 0 Å². The number of ether oxygens (including phenoxy) is 3. The van der Waals surface area contributed by atoms with Gasteiger partial charge in [-0.25, -0.2) is 0 Å². The highest BCUT2D eigenvalue weighted by molar-refractivity contribution is 5.69. The number of carboxylic acids is 1. The number of aliphatic hydroxyl groups excluding tert-OH is 1. The van der Waals surface area contributed by atoms with Gasteiger partial charge in [-0.1, -0.05) is 84.0 Å². The number of carboxylic acid groups (broad SMARTS) is 1. The van der Waals surface area contributed by atoms with Crippen LogP contribution < -0.4 is 5.11 Å². The number of hydrogen-bond acceptors (Lipinski definition) is 7. The van der Waals surface area contributed by atoms with E-state index in [4.69, 9.17) is 14.2 Å². The van der Waals surface area contributed by atoms with Crippen LogP contribution in [-0.2, 0) is 23.8 Å². The van der Waals surface area contributed by atoms with Crippen molar-refractivity contribution >= 4 is 11.9 Å². The minimum absolute atomic E-state index is 0.173. The van der Waals surface area contributed by atoms with E-state index < -0.39 is 18.4 Å². The van der Waals surface area contributed by atoms with E-state index in [1.54, 1.807) is 0 Å². The first kappa shape index (κ1) is 32.8. The lowest BCUT2D eigenvalue weighted by Crippen LogP contribution is -2.44. The maximum absolute atomic E-state index is 11.8. The Morgan fingerprint density at radius 1 is 0.794 bits per heavy atom. The number of aliphatic hydroxyl groups is 1. The van der Waals surface area contributed by atoms with Crippen LogP contribution in [0.15, 0.2) is 0 Å². The largest absolute Gasteiger partial charge is 0.545 e. The predicted molar refractivity (Wildman–Crippen MR) is 131 cm³/mol. The van der Waals surface area contributed by atoms with Crippen molar-refractivity contribution in [1.29, 1.82) is 0 Å². The molecule has 0 aromatic heterocycles. The average Bonchev–Trinajstić information content (AvgIpc) is 2.76. The van der Waals surface area contributed by atoms with Gasteiger partial charge in [-0.3, -0.25) is 4.79 Å². The molecule has 0 aromatic carbocycles. The molecule has 0 fully saturated rings. The van der Waals surface area contributed by atoms with Crippen LogP contribution in [0.1, 0.15) is 96.8 Å². The van der Waals surface area contributed by atoms with Crippen LogP contribution in [-0.4, -0.2) is 81.4 Å². The Morgan fingerprint density at radius 3 is 1.76 bits per heavy atom. The number of esters is 1. The van der Waals surface area contributed by atoms with Gasteiger partial charge in [0.2, 0.25) is 0 Å². The van der Waals surface area contributed by atoms with E-state index in [-0.39, 0.29) is 25.8 Å². The molecule has 0 saturated carbocycles. The zero-order chi connectivity index (χ0) is 25.7. The molecule has 2 unspecified atom stereocenters. The second-order valence-electron chi connectivity index (χ2n) is 10.2. The number of carbonyl (C=O) groups excluding carboxylic acids is 2. The van der Waals surface area contributed by atoms with Gasteiger partial charge in [-0.2, -0.15) is 0 Å². The fourth-order valence-electron chi connectivity index (χ4n) is 3.41. The summed E-state index contributed by atoms with van der Waals surface area (Å²) in [7, 11) is 5.86. The second-order valence-corrected chi connectivity index (χ2v) is 10.2. The monoisotopic (exact) mass is 489 g/mol. The molecule has 0 aliphatic carbocycles. The highest BCUT2D eigenvalue weighted by Crippen LogP contribution is 2.13. The average molecular weight is 490 g/mol. The molecule has 0 aromatic rings. The van der Waals surface area contributed by atoms with Gasteiger partial charge in [0.05, 0.1) is 40.3 Å². The first-order chi connectivity index (χ1) is 16.2. The van der Waals surface area contributed by atoms with Crippen molar-refractivity contribution in [3.63, 3.8) is 0 Å². The molecule has 8 nitrogen and oxygen atoms in total. The number of carbonyl (C=O) groups is 2. The quantitative estimate of drug-likeness (QED) is 0.0961. The number of quaternary nitrogens is 1. The van der Waals surface area contributed by atoms with Gasteiger partial charge < -0.3 is 33.7 Å². The molecule has 0 heterocycles. The van der Waals surface area contributed by atoms with Gasteiger partial charge >= 0.3 is 5.97 Å². The molecule has 0 radical (unpaired) electrons. The molecular formula is C26H51NO7. The normalized spacial score (nSPS) is 13.6. The Hall–Kier alpha value is -1.22. The summed E-state index contributed by atoms with van der Waals surface area (Å²) in [5.41, 5.74) is 0. The van der Waals surface area contributed by atoms with Crippen molar-refractivity contribution in [2.45, 2.75) is 109 Å². The van der Waals surface area contributed by atoms with E-state index in [2.05, 4.69) is 6.92 Å². The highest BCUT2D eigenvalue weighted by atomic mass is 16.7. The lowest BCUT2D eigenvalue weighted by molar-refractivity contribution is -0.870. The van der Waals surface area contributed by atoms with Crippen molar-refractivity contribution in [2.75, 3.05) is 47.5 Å². The third kappa shape index (κ3) is 22.6. The molecule has 0 amide bonds. The van der Waals surface area contributed by atoms with Crippen LogP contribution in [0.25, 0.3) is 0 Å². The van der Waals surface area contributed by atoms with Gasteiger partial charge in [0.25, 0.3) is 0 Å². The summed E-state index contributed by atoms with van der Waals surface area (Å²) in [4.78, 5) is 22.9. The number of hydrogen-bond donors (Lipinski definition) is 1. The lowest BCUT2D eigenvalue weighted by atomic mass is 10.0. The molecule has 34 heavy (non-hydrogen) atoms. The molecule has 0 aliphatic heterocycles. The Labute approximate surface area is 207 Å². The third-order valence-corrected chi connectivity index (χ3v) is 5.58. The van der Waals surface area contributed by atoms with Crippen LogP contribution in [0.4, 0.5) is 0 Å². The number of aliphatic carboxylic acids is 1. The van der Waals surface area contributed by atoms with E-state index >= 15 is 0 Å². The van der Waals surface area contributed by atoms with E-state index in [9.17, 15) is 19.8 Å². The number of unbranched alkanes of at least 4 members (excludes halogenated alkanes) is 12. The smallest absolute Gasteiger partial charge is 0.305 e. The van der Waals surface area contributed by atoms with Crippen molar-refractivity contribution < 1.29 is 38.5 Å². The van der Waals surface area contributed by atoms with Crippen LogP contribution in [0.5, 0.6) is 0 Å². The molecular weight excluding hydrogens is 438 g/mol. The number of nitrogens with zero attached hydrogens (tertiary/aromatic N) is 1. The lowest BCUT2D eigenvalue weighted by Gasteiger charge is -2.26. The molecule has 202 valence electrons. The minimum atomic E-state index is -1.57. The van der Waals surface area contributed by atoms with Crippen LogP contribution in [0.2, 0.25) is 0 Å². The molecule has 0 spiro atoms. The fraction of sp³-hybridized carbons (Fsp3) is 0.923. The zero-order valence-corrected chi connectivity index (χ0v) is 22.2. The fourth-order valence-corrected chi connectivity index (χ4v) is 3.41. The summed E-state index contributed by atoms with van der Waals surface area (Å²) >= 11 is 0. The Kier molecular flexibility index (Phi) is 20.3. The Bertz CT molecular complexity index is 508. The first-order valence-corrected chi connectivity index (χ1v) is 13.2. The van der Waals surface area contributed by atoms with Crippen LogP contribution >= 0.6 is 0 Å². The molecule has 0 rings (SSSR count). The summed E-state index contributed by atoms with van der Waals surface area (Å²) < 4.78 is 15.9. The second kappa shape index (κ2) is 21.1. The standard InChI is InChI=1S/C26H51NO7/c1-5-6-7-8-9-10-11-12-13-14-15-16-17-18-24(29)33-21-23(28)22-34-26(25(30)31)32-20-19-27(2,3)4/h23,26,28H,5-22H2,1-4H3. The van der Waals surface area contributed by atoms with E-state index in [0.717, 1.165) is 19.3 Å². The van der Waals surface area contributed by atoms with Crippen molar-refractivity contribution in [2.24, 2.45) is 0 Å². The summed E-state index contributed by atoms with van der Waals surface area (Å²) in [5.74, 6) is -1.87. The first-order valence-electron chi connectivity index (χ1n) is 13.2. The van der Waals surface area contributed by atoms with E-state index in [1.165, 1.54) is 64.2 Å². The zero-order valence-electron chi connectivity index (χ0n) is 22.2. The summed E-state index contributed by atoms with van der Waals surface area (Å²) in [6.45, 7) is 2.44. The molecule has 0 saturated heterocycles. The highest BCUT2D eigenvalue weighted by Gasteiger charge is 2.17. The van der Waals surface area contributed by atoms with Crippen LogP contribution in [0, 0.1) is 0 Å². The van der Waals surface area contributed by atoms with Crippen molar-refractivity contribution in [3.05, 3.63) is 0 Å². The van der Waals surface area contributed by atoms with Crippen molar-refractivity contribution in [3.8, 4) is 0 Å².